The van der Waals surface area contributed by atoms with Crippen LogP contribution in [0.2, 0.25) is 0 Å². The van der Waals surface area contributed by atoms with E-state index in [1.54, 1.807) is 6.07 Å². The summed E-state index contributed by atoms with van der Waals surface area (Å²) in [4.78, 5) is 11.6. The van der Waals surface area contributed by atoms with E-state index < -0.39 is 35.6 Å². The van der Waals surface area contributed by atoms with E-state index in [2.05, 4.69) is 0 Å². The molecule has 1 aliphatic heterocycles. The number of hydrogen-bond donors (Lipinski definition) is 0. The number of hydrogen-bond acceptors (Lipinski definition) is 3. The first-order valence-corrected chi connectivity index (χ1v) is 10.3. The molecule has 34 heavy (non-hydrogen) atoms. The van der Waals surface area contributed by atoms with Crippen LogP contribution in [0.3, 0.4) is 0 Å². The molecule has 0 fully saturated rings. The number of carbonyl (C=O) groups excluding carboxylic acids is 1. The van der Waals surface area contributed by atoms with E-state index >= 15 is 0 Å². The highest BCUT2D eigenvalue weighted by atomic mass is 19.4. The maximum Gasteiger partial charge on any atom is 0.416 e. The van der Waals surface area contributed by atoms with E-state index in [1.165, 1.54) is 12.1 Å². The molecule has 0 unspecified atom stereocenters. The average Bonchev–Trinajstić information content (AvgIpc) is 2.81. The molecule has 4 rings (SSSR count). The van der Waals surface area contributed by atoms with Crippen molar-refractivity contribution in [1.82, 2.24) is 0 Å². The predicted octanol–water partition coefficient (Wildman–Crippen LogP) is 6.92. The van der Waals surface area contributed by atoms with E-state index in [-0.39, 0.29) is 18.4 Å². The number of alkyl halides is 6. The molecule has 1 aliphatic carbocycles. The molecule has 0 saturated carbocycles. The summed E-state index contributed by atoms with van der Waals surface area (Å²) in [7, 11) is 0. The second-order valence-electron chi connectivity index (χ2n) is 7.78. The molecule has 3 nitrogen and oxygen atoms in total. The van der Waals surface area contributed by atoms with Crippen molar-refractivity contribution in [1.29, 1.82) is 0 Å². The standard InChI is InChI=1S/C25H18F6O3/c26-24(27,28)18-7-6-16(21(10-18)25(29,30)31)13-33-19-8-9-20-22(11-19)34-14-17(12-32)23(20)15-4-2-1-3-5-15/h1-2,4,6-12H,3,5,13-14H2. The highest BCUT2D eigenvalue weighted by Gasteiger charge is 2.38. The summed E-state index contributed by atoms with van der Waals surface area (Å²) in [6, 6.07) is 6.10. The zero-order chi connectivity index (χ0) is 24.5. The van der Waals surface area contributed by atoms with E-state index in [0.717, 1.165) is 36.3 Å². The van der Waals surface area contributed by atoms with Crippen molar-refractivity contribution in [3.8, 4) is 11.5 Å². The van der Waals surface area contributed by atoms with Gasteiger partial charge in [0.25, 0.3) is 0 Å². The van der Waals surface area contributed by atoms with Gasteiger partial charge in [0, 0.05) is 22.8 Å². The molecule has 0 bridgehead atoms. The van der Waals surface area contributed by atoms with Crippen molar-refractivity contribution in [2.75, 3.05) is 6.61 Å². The lowest BCUT2D eigenvalue weighted by molar-refractivity contribution is -0.143. The van der Waals surface area contributed by atoms with Crippen molar-refractivity contribution in [3.05, 3.63) is 88.0 Å². The first-order chi connectivity index (χ1) is 16.1. The van der Waals surface area contributed by atoms with Crippen LogP contribution in [0.15, 0.2) is 65.8 Å². The number of rotatable bonds is 5. The number of halogens is 6. The quantitative estimate of drug-likeness (QED) is 0.344. The van der Waals surface area contributed by atoms with Gasteiger partial charge in [-0.05, 0) is 48.3 Å². The van der Waals surface area contributed by atoms with Gasteiger partial charge >= 0.3 is 12.4 Å². The Hall–Kier alpha value is -3.49. The largest absolute Gasteiger partial charge is 0.489 e. The Bertz CT molecular complexity index is 1200. The van der Waals surface area contributed by atoms with Crippen molar-refractivity contribution in [2.24, 2.45) is 0 Å². The molecular formula is C25H18F6O3. The molecule has 0 aromatic heterocycles. The molecule has 2 aliphatic rings. The third kappa shape index (κ3) is 4.88. The van der Waals surface area contributed by atoms with Crippen LogP contribution in [0.5, 0.6) is 11.5 Å². The molecule has 0 amide bonds. The van der Waals surface area contributed by atoms with Crippen LogP contribution in [0.4, 0.5) is 26.3 Å². The van der Waals surface area contributed by atoms with Crippen LogP contribution in [-0.4, -0.2) is 12.9 Å². The minimum atomic E-state index is -4.98. The van der Waals surface area contributed by atoms with Gasteiger partial charge in [-0.3, -0.25) is 4.79 Å². The number of carbonyl (C=O) groups is 1. The minimum absolute atomic E-state index is 0.0352. The zero-order valence-corrected chi connectivity index (χ0v) is 17.6. The van der Waals surface area contributed by atoms with Crippen LogP contribution in [0.1, 0.15) is 35.1 Å². The monoisotopic (exact) mass is 480 g/mol. The lowest BCUT2D eigenvalue weighted by atomic mass is 9.87. The summed E-state index contributed by atoms with van der Waals surface area (Å²) < 4.78 is 89.9. The Kier molecular flexibility index (Phi) is 6.29. The third-order valence-electron chi connectivity index (χ3n) is 5.54. The van der Waals surface area contributed by atoms with Crippen LogP contribution in [0, 0.1) is 0 Å². The van der Waals surface area contributed by atoms with Crippen LogP contribution < -0.4 is 9.47 Å². The zero-order valence-electron chi connectivity index (χ0n) is 17.6. The lowest BCUT2D eigenvalue weighted by Crippen LogP contribution is -2.15. The lowest BCUT2D eigenvalue weighted by Gasteiger charge is -2.25. The van der Waals surface area contributed by atoms with Crippen molar-refractivity contribution >= 4 is 11.9 Å². The van der Waals surface area contributed by atoms with Gasteiger partial charge < -0.3 is 9.47 Å². The molecule has 0 N–H and O–H groups in total. The van der Waals surface area contributed by atoms with Crippen LogP contribution in [-0.2, 0) is 23.8 Å². The van der Waals surface area contributed by atoms with E-state index in [4.69, 9.17) is 9.47 Å². The van der Waals surface area contributed by atoms with Gasteiger partial charge in [-0.1, -0.05) is 24.3 Å². The Labute approximate surface area is 191 Å². The van der Waals surface area contributed by atoms with Gasteiger partial charge in [-0.2, -0.15) is 26.3 Å². The number of aldehydes is 1. The molecule has 0 radical (unpaired) electrons. The molecule has 0 saturated heterocycles. The van der Waals surface area contributed by atoms with Gasteiger partial charge in [0.2, 0.25) is 0 Å². The second-order valence-corrected chi connectivity index (χ2v) is 7.78. The first-order valence-electron chi connectivity index (χ1n) is 10.3. The van der Waals surface area contributed by atoms with E-state index in [9.17, 15) is 31.1 Å². The maximum absolute atomic E-state index is 13.4. The average molecular weight is 480 g/mol. The number of benzene rings is 2. The second kappa shape index (κ2) is 9.04. The van der Waals surface area contributed by atoms with E-state index in [1.807, 2.05) is 18.2 Å². The predicted molar refractivity (Wildman–Crippen MR) is 112 cm³/mol. The number of fused-ring (bicyclic) bond motifs is 1. The molecular weight excluding hydrogens is 462 g/mol. The van der Waals surface area contributed by atoms with Crippen molar-refractivity contribution < 1.29 is 40.6 Å². The summed E-state index contributed by atoms with van der Waals surface area (Å²) >= 11 is 0. The Morgan fingerprint density at radius 2 is 1.79 bits per heavy atom. The van der Waals surface area contributed by atoms with Crippen LogP contribution >= 0.6 is 0 Å². The summed E-state index contributed by atoms with van der Waals surface area (Å²) in [6.07, 6.45) is -1.73. The maximum atomic E-state index is 13.4. The fraction of sp³-hybridized carbons (Fsp3) is 0.240. The summed E-state index contributed by atoms with van der Waals surface area (Å²) in [5, 5.41) is 0. The molecule has 2 aromatic carbocycles. The Balaban J connectivity index is 1.61. The normalized spacial score (nSPS) is 16.0. The van der Waals surface area contributed by atoms with Crippen molar-refractivity contribution in [2.45, 2.75) is 31.8 Å². The topological polar surface area (TPSA) is 35.5 Å². The molecule has 2 aromatic rings. The summed E-state index contributed by atoms with van der Waals surface area (Å²) in [5.41, 5.74) is -0.341. The summed E-state index contributed by atoms with van der Waals surface area (Å²) in [5.74, 6) is 0.579. The van der Waals surface area contributed by atoms with Gasteiger partial charge in [-0.15, -0.1) is 0 Å². The molecule has 0 spiro atoms. The van der Waals surface area contributed by atoms with Crippen molar-refractivity contribution in [3.63, 3.8) is 0 Å². The van der Waals surface area contributed by atoms with E-state index in [0.29, 0.717) is 23.0 Å². The number of allylic oxidation sites excluding steroid dienone is 5. The van der Waals surface area contributed by atoms with Gasteiger partial charge in [0.05, 0.1) is 11.1 Å². The molecule has 9 heteroatoms. The highest BCUT2D eigenvalue weighted by molar-refractivity contribution is 5.97. The highest BCUT2D eigenvalue weighted by Crippen LogP contribution is 2.42. The van der Waals surface area contributed by atoms with Gasteiger partial charge in [-0.25, -0.2) is 0 Å². The fourth-order valence-electron chi connectivity index (χ4n) is 3.91. The molecule has 1 heterocycles. The van der Waals surface area contributed by atoms with Crippen LogP contribution in [0.25, 0.3) is 5.57 Å². The SMILES string of the molecule is O=CC1=C(C2=CC=CCC2)c2ccc(OCc3ccc(C(F)(F)F)cc3C(F)(F)F)cc2OC1. The smallest absolute Gasteiger partial charge is 0.416 e. The van der Waals surface area contributed by atoms with Gasteiger partial charge in [0.1, 0.15) is 31.0 Å². The molecule has 0 atom stereocenters. The van der Waals surface area contributed by atoms with Gasteiger partial charge in [0.15, 0.2) is 0 Å². The molecule has 178 valence electrons. The third-order valence-corrected chi connectivity index (χ3v) is 5.54. The Morgan fingerprint density at radius 1 is 1.00 bits per heavy atom. The Morgan fingerprint density at radius 3 is 2.44 bits per heavy atom. The number of ether oxygens (including phenoxy) is 2. The fourth-order valence-corrected chi connectivity index (χ4v) is 3.91. The first kappa shape index (κ1) is 23.7. The minimum Gasteiger partial charge on any atom is -0.489 e. The summed E-state index contributed by atoms with van der Waals surface area (Å²) in [6.45, 7) is -0.558.